The lowest BCUT2D eigenvalue weighted by atomic mass is 9.96. The van der Waals surface area contributed by atoms with Crippen LogP contribution in [0.1, 0.15) is 39.1 Å². The van der Waals surface area contributed by atoms with E-state index in [-0.39, 0.29) is 17.5 Å². The number of halogens is 2. The van der Waals surface area contributed by atoms with E-state index in [2.05, 4.69) is 5.32 Å². The molecule has 0 saturated carbocycles. The maximum Gasteiger partial charge on any atom is 0.246 e. The number of nitrogens with zero attached hydrogens (tertiary/aromatic N) is 3. The van der Waals surface area contributed by atoms with Crippen LogP contribution in [-0.2, 0) is 10.3 Å². The first-order valence-corrected chi connectivity index (χ1v) is 10.6. The van der Waals surface area contributed by atoms with Gasteiger partial charge in [0.05, 0.1) is 5.54 Å². The van der Waals surface area contributed by atoms with Gasteiger partial charge >= 0.3 is 0 Å². The highest BCUT2D eigenvalue weighted by atomic mass is 19.1. The molecule has 8 heteroatoms. The van der Waals surface area contributed by atoms with Crippen molar-refractivity contribution < 1.29 is 13.6 Å². The molecule has 2 aromatic carbocycles. The van der Waals surface area contributed by atoms with Gasteiger partial charge in [0, 0.05) is 23.7 Å². The Bertz CT molecular complexity index is 1250. The van der Waals surface area contributed by atoms with Gasteiger partial charge in [0.15, 0.2) is 0 Å². The Balaban J connectivity index is 1.88. The number of nitrogens with one attached hydrogen (secondary N) is 1. The molecule has 3 N–H and O–H groups in total. The summed E-state index contributed by atoms with van der Waals surface area (Å²) < 4.78 is 29.3. The minimum Gasteiger partial charge on any atom is -0.339 e. The Hall–Kier alpha value is -3.52. The fraction of sp³-hybridized carbons (Fsp3) is 0.280. The van der Waals surface area contributed by atoms with E-state index in [9.17, 15) is 13.6 Å². The molecule has 0 fully saturated rings. The molecule has 1 aromatic heterocycles. The van der Waals surface area contributed by atoms with Gasteiger partial charge in [-0.15, -0.1) is 0 Å². The first kappa shape index (κ1) is 22.7. The lowest BCUT2D eigenvalue weighted by molar-refractivity contribution is -0.138. The van der Waals surface area contributed by atoms with Crippen LogP contribution in [0.3, 0.4) is 0 Å². The molecule has 6 nitrogen and oxygen atoms in total. The van der Waals surface area contributed by atoms with Crippen LogP contribution >= 0.6 is 0 Å². The molecule has 0 aliphatic carbocycles. The van der Waals surface area contributed by atoms with Crippen molar-refractivity contribution in [2.24, 2.45) is 5.73 Å². The van der Waals surface area contributed by atoms with Crippen molar-refractivity contribution in [3.63, 3.8) is 0 Å². The Morgan fingerprint density at radius 1 is 1.09 bits per heavy atom. The van der Waals surface area contributed by atoms with E-state index in [1.165, 1.54) is 18.2 Å². The number of aromatic nitrogens is 2. The Morgan fingerprint density at radius 3 is 2.36 bits per heavy atom. The third kappa shape index (κ3) is 4.02. The number of carbonyl (C=O) groups is 1. The van der Waals surface area contributed by atoms with Crippen LogP contribution in [0.25, 0.3) is 17.5 Å². The summed E-state index contributed by atoms with van der Waals surface area (Å²) in [6.45, 7) is 8.79. The number of nitrogens with two attached hydrogens (primary N) is 1. The number of anilines is 2. The Kier molecular flexibility index (Phi) is 5.36. The number of amides is 1. The molecular formula is C25H27F2N5O. The highest BCUT2D eigenvalue weighted by Crippen LogP contribution is 2.40. The van der Waals surface area contributed by atoms with E-state index in [0.29, 0.717) is 34.2 Å². The van der Waals surface area contributed by atoms with Gasteiger partial charge in [0.25, 0.3) is 0 Å². The van der Waals surface area contributed by atoms with E-state index in [4.69, 9.17) is 10.7 Å². The minimum atomic E-state index is -1.07. The van der Waals surface area contributed by atoms with Gasteiger partial charge < -0.3 is 16.0 Å². The lowest BCUT2D eigenvalue weighted by Crippen LogP contribution is -2.56. The van der Waals surface area contributed by atoms with Crippen LogP contribution in [-0.4, -0.2) is 25.9 Å². The van der Waals surface area contributed by atoms with Gasteiger partial charge in [0.2, 0.25) is 5.91 Å². The summed E-state index contributed by atoms with van der Waals surface area (Å²) in [5.41, 5.74) is 6.64. The third-order valence-corrected chi connectivity index (χ3v) is 5.73. The van der Waals surface area contributed by atoms with Gasteiger partial charge in [-0.1, -0.05) is 0 Å². The summed E-state index contributed by atoms with van der Waals surface area (Å²) in [7, 11) is 0. The van der Waals surface area contributed by atoms with E-state index in [0.717, 1.165) is 0 Å². The molecule has 2 heterocycles. The maximum atomic E-state index is 13.8. The largest absolute Gasteiger partial charge is 0.339 e. The summed E-state index contributed by atoms with van der Waals surface area (Å²) in [5.74, 6) is 0.321. The summed E-state index contributed by atoms with van der Waals surface area (Å²) in [4.78, 5) is 19.5. The Labute approximate surface area is 191 Å². The van der Waals surface area contributed by atoms with Gasteiger partial charge in [-0.3, -0.25) is 9.36 Å². The van der Waals surface area contributed by atoms with Crippen molar-refractivity contribution in [1.29, 1.82) is 0 Å². The van der Waals surface area contributed by atoms with E-state index in [1.54, 1.807) is 62.3 Å². The molecule has 3 aromatic rings. The average molecular weight is 452 g/mol. The number of hydrogen-bond donors (Lipinski definition) is 2. The molecule has 1 aliphatic heterocycles. The molecule has 1 aliphatic rings. The van der Waals surface area contributed by atoms with Crippen molar-refractivity contribution in [3.8, 4) is 11.3 Å². The fourth-order valence-corrected chi connectivity index (χ4v) is 3.86. The average Bonchev–Trinajstić information content (AvgIpc) is 3.10. The molecule has 33 heavy (non-hydrogen) atoms. The molecule has 172 valence electrons. The lowest BCUT2D eigenvalue weighted by Gasteiger charge is -2.41. The number of imidazole rings is 1. The zero-order valence-corrected chi connectivity index (χ0v) is 19.3. The second-order valence-electron chi connectivity index (χ2n) is 9.35. The minimum absolute atomic E-state index is 0.245. The fourth-order valence-electron chi connectivity index (χ4n) is 3.86. The van der Waals surface area contributed by atoms with Crippen LogP contribution in [0.15, 0.2) is 48.7 Å². The molecule has 1 amide bonds. The second-order valence-corrected chi connectivity index (χ2v) is 9.35. The van der Waals surface area contributed by atoms with Gasteiger partial charge in [-0.05, 0) is 82.6 Å². The summed E-state index contributed by atoms with van der Waals surface area (Å²) in [6, 6.07) is 10.8. The predicted octanol–water partition coefficient (Wildman–Crippen LogP) is 5.12. The van der Waals surface area contributed by atoms with Crippen LogP contribution in [0.2, 0.25) is 0 Å². The SMILES string of the molecule is Cc1cc(Nc2c(-c3ccc(F)cc3)nc3n2C=CN(C(=O)C(C)(C)N)C3(C)C)ccc1F. The zero-order chi connectivity index (χ0) is 24.1. The van der Waals surface area contributed by atoms with E-state index in [1.807, 2.05) is 18.4 Å². The topological polar surface area (TPSA) is 76.2 Å². The first-order valence-electron chi connectivity index (χ1n) is 10.6. The van der Waals surface area contributed by atoms with Crippen molar-refractivity contribution in [2.75, 3.05) is 5.32 Å². The standard InChI is InChI=1S/C25H27F2N5O/c1-15-14-18(10-11-19(15)27)29-21-20(16-6-8-17(26)9-7-16)30-22-25(4,5)32(13-12-31(21)22)23(33)24(2,3)28/h6-14,29H,28H2,1-5H3. The summed E-state index contributed by atoms with van der Waals surface area (Å²) in [5, 5.41) is 3.33. The smallest absolute Gasteiger partial charge is 0.246 e. The summed E-state index contributed by atoms with van der Waals surface area (Å²) in [6.07, 6.45) is 3.42. The number of aryl methyl sites for hydroxylation is 1. The first-order chi connectivity index (χ1) is 15.4. The van der Waals surface area contributed by atoms with Crippen LogP contribution in [0, 0.1) is 18.6 Å². The number of carbonyl (C=O) groups excluding carboxylic acids is 1. The number of hydrogen-bond acceptors (Lipinski definition) is 4. The van der Waals surface area contributed by atoms with Crippen molar-refractivity contribution in [3.05, 3.63) is 71.7 Å². The summed E-state index contributed by atoms with van der Waals surface area (Å²) >= 11 is 0. The second kappa shape index (κ2) is 7.81. The van der Waals surface area contributed by atoms with Crippen molar-refractivity contribution in [2.45, 2.75) is 45.7 Å². The molecule has 0 radical (unpaired) electrons. The van der Waals surface area contributed by atoms with Crippen LogP contribution in [0.5, 0.6) is 0 Å². The zero-order valence-electron chi connectivity index (χ0n) is 19.3. The normalized spacial score (nSPS) is 14.8. The number of fused-ring (bicyclic) bond motifs is 1. The van der Waals surface area contributed by atoms with Crippen molar-refractivity contribution >= 4 is 23.6 Å². The van der Waals surface area contributed by atoms with E-state index >= 15 is 0 Å². The van der Waals surface area contributed by atoms with Crippen molar-refractivity contribution in [1.82, 2.24) is 14.5 Å². The molecular weight excluding hydrogens is 424 g/mol. The van der Waals surface area contributed by atoms with Gasteiger partial charge in [0.1, 0.15) is 34.5 Å². The maximum absolute atomic E-state index is 13.8. The number of rotatable bonds is 4. The molecule has 4 rings (SSSR count). The Morgan fingerprint density at radius 2 is 1.76 bits per heavy atom. The molecule has 0 spiro atoms. The van der Waals surface area contributed by atoms with Crippen LogP contribution < -0.4 is 11.1 Å². The van der Waals surface area contributed by atoms with Gasteiger partial charge in [-0.25, -0.2) is 13.8 Å². The number of benzene rings is 2. The third-order valence-electron chi connectivity index (χ3n) is 5.73. The molecule has 0 atom stereocenters. The molecule has 0 bridgehead atoms. The van der Waals surface area contributed by atoms with Crippen LogP contribution in [0.4, 0.5) is 20.3 Å². The predicted molar refractivity (Wildman–Crippen MR) is 126 cm³/mol. The van der Waals surface area contributed by atoms with E-state index < -0.39 is 11.1 Å². The highest BCUT2D eigenvalue weighted by molar-refractivity contribution is 5.88. The monoisotopic (exact) mass is 451 g/mol. The molecule has 0 saturated heterocycles. The highest BCUT2D eigenvalue weighted by Gasteiger charge is 2.42. The molecule has 0 unspecified atom stereocenters. The quantitative estimate of drug-likeness (QED) is 0.577. The van der Waals surface area contributed by atoms with Gasteiger partial charge in [-0.2, -0.15) is 0 Å².